The molecule has 3 aromatic rings. The van der Waals surface area contributed by atoms with Crippen LogP contribution in [0.25, 0.3) is 10.2 Å². The van der Waals surface area contributed by atoms with Gasteiger partial charge in [0.2, 0.25) is 5.91 Å². The standard InChI is InChI=1S/C18H10Cl3FN2O3S2/c19-8-4-9(20)17-16(15(8)21)23-13(29-17)6-24-10-2-1-7(22)3-11(10)28-12(18(24)27)5-14(25)26/h1-4,12H,5-6H2,(H,25,26). The van der Waals surface area contributed by atoms with Gasteiger partial charge in [-0.3, -0.25) is 9.59 Å². The van der Waals surface area contributed by atoms with Crippen molar-refractivity contribution in [1.82, 2.24) is 4.98 Å². The molecule has 1 amide bonds. The van der Waals surface area contributed by atoms with Crippen molar-refractivity contribution < 1.29 is 19.1 Å². The van der Waals surface area contributed by atoms with Crippen LogP contribution in [0.1, 0.15) is 11.4 Å². The number of nitrogens with zero attached hydrogens (tertiary/aromatic N) is 2. The summed E-state index contributed by atoms with van der Waals surface area (Å²) in [5.41, 5.74) is 0.932. The van der Waals surface area contributed by atoms with Crippen molar-refractivity contribution in [1.29, 1.82) is 0 Å². The molecular weight excluding hydrogens is 482 g/mol. The predicted octanol–water partition coefficient (Wildman–Crippen LogP) is 5.88. The zero-order valence-corrected chi connectivity index (χ0v) is 18.2. The van der Waals surface area contributed by atoms with Crippen LogP contribution in [0.5, 0.6) is 0 Å². The van der Waals surface area contributed by atoms with Gasteiger partial charge in [-0.2, -0.15) is 0 Å². The van der Waals surface area contributed by atoms with E-state index in [-0.39, 0.29) is 28.9 Å². The third-order valence-electron chi connectivity index (χ3n) is 4.24. The lowest BCUT2D eigenvalue weighted by atomic mass is 10.2. The van der Waals surface area contributed by atoms with Gasteiger partial charge in [-0.05, 0) is 24.3 Å². The summed E-state index contributed by atoms with van der Waals surface area (Å²) in [6, 6.07) is 5.57. The Labute approximate surface area is 187 Å². The number of rotatable bonds is 4. The number of benzene rings is 2. The molecule has 0 saturated carbocycles. The zero-order chi connectivity index (χ0) is 20.9. The molecule has 1 atom stereocenters. The maximum absolute atomic E-state index is 13.7. The largest absolute Gasteiger partial charge is 0.481 e. The number of aromatic nitrogens is 1. The fourth-order valence-corrected chi connectivity index (χ4v) is 6.01. The van der Waals surface area contributed by atoms with Crippen molar-refractivity contribution in [2.75, 3.05) is 4.90 Å². The summed E-state index contributed by atoms with van der Waals surface area (Å²) in [6.07, 6.45) is -0.372. The number of hydrogen-bond donors (Lipinski definition) is 1. The van der Waals surface area contributed by atoms with Gasteiger partial charge in [-0.15, -0.1) is 23.1 Å². The Morgan fingerprint density at radius 3 is 2.72 bits per heavy atom. The number of hydrogen-bond acceptors (Lipinski definition) is 5. The first-order valence-electron chi connectivity index (χ1n) is 8.17. The number of carboxylic acids is 1. The summed E-state index contributed by atoms with van der Waals surface area (Å²) in [6.45, 7) is 0.0672. The van der Waals surface area contributed by atoms with Crippen molar-refractivity contribution in [3.05, 3.63) is 50.2 Å². The minimum atomic E-state index is -1.11. The molecule has 1 unspecified atom stereocenters. The molecule has 150 valence electrons. The van der Waals surface area contributed by atoms with Gasteiger partial charge < -0.3 is 10.0 Å². The minimum Gasteiger partial charge on any atom is -0.481 e. The molecule has 0 fully saturated rings. The first-order valence-corrected chi connectivity index (χ1v) is 11.0. The third kappa shape index (κ3) is 3.92. The third-order valence-corrected chi connectivity index (χ3v) is 7.73. The maximum atomic E-state index is 13.7. The van der Waals surface area contributed by atoms with E-state index in [9.17, 15) is 14.0 Å². The second kappa shape index (κ2) is 7.92. The number of carbonyl (C=O) groups is 2. The van der Waals surface area contributed by atoms with Gasteiger partial charge in [-0.1, -0.05) is 34.8 Å². The van der Waals surface area contributed by atoms with Crippen LogP contribution in [0.3, 0.4) is 0 Å². The van der Waals surface area contributed by atoms with Crippen LogP contribution >= 0.6 is 57.9 Å². The van der Waals surface area contributed by atoms with E-state index in [1.807, 2.05) is 0 Å². The number of thioether (sulfide) groups is 1. The summed E-state index contributed by atoms with van der Waals surface area (Å²) >= 11 is 20.8. The zero-order valence-electron chi connectivity index (χ0n) is 14.3. The smallest absolute Gasteiger partial charge is 0.305 e. The highest BCUT2D eigenvalue weighted by atomic mass is 35.5. The molecule has 0 saturated heterocycles. The van der Waals surface area contributed by atoms with E-state index >= 15 is 0 Å². The van der Waals surface area contributed by atoms with Crippen molar-refractivity contribution in [2.45, 2.75) is 23.1 Å². The summed E-state index contributed by atoms with van der Waals surface area (Å²) in [5, 5.41) is 9.74. The highest BCUT2D eigenvalue weighted by Gasteiger charge is 2.35. The Morgan fingerprint density at radius 2 is 2.00 bits per heavy atom. The average Bonchev–Trinajstić information content (AvgIpc) is 3.07. The molecule has 4 rings (SSSR count). The van der Waals surface area contributed by atoms with E-state index in [1.54, 1.807) is 0 Å². The lowest BCUT2D eigenvalue weighted by molar-refractivity contribution is -0.138. The fourth-order valence-electron chi connectivity index (χ4n) is 2.98. The second-order valence-electron chi connectivity index (χ2n) is 6.18. The molecule has 0 radical (unpaired) electrons. The van der Waals surface area contributed by atoms with Gasteiger partial charge in [0.1, 0.15) is 16.3 Å². The fraction of sp³-hybridized carbons (Fsp3) is 0.167. The number of carbonyl (C=O) groups excluding carboxylic acids is 1. The molecular formula is C18H10Cl3FN2O3S2. The topological polar surface area (TPSA) is 70.5 Å². The summed E-state index contributed by atoms with van der Waals surface area (Å²) in [7, 11) is 0. The van der Waals surface area contributed by atoms with Gasteiger partial charge in [0, 0.05) is 4.90 Å². The molecule has 2 heterocycles. The van der Waals surface area contributed by atoms with Crippen molar-refractivity contribution in [3.63, 3.8) is 0 Å². The van der Waals surface area contributed by atoms with Gasteiger partial charge in [0.25, 0.3) is 0 Å². The molecule has 0 bridgehead atoms. The summed E-state index contributed by atoms with van der Waals surface area (Å²) in [5.74, 6) is -1.96. The molecule has 1 aromatic heterocycles. The number of amides is 1. The monoisotopic (exact) mass is 490 g/mol. The van der Waals surface area contributed by atoms with E-state index in [4.69, 9.17) is 39.9 Å². The van der Waals surface area contributed by atoms with E-state index in [1.165, 1.54) is 40.5 Å². The normalized spacial score (nSPS) is 16.3. The van der Waals surface area contributed by atoms with Crippen molar-refractivity contribution >= 4 is 85.7 Å². The van der Waals surface area contributed by atoms with Crippen LogP contribution in [0.2, 0.25) is 15.1 Å². The van der Waals surface area contributed by atoms with Crippen LogP contribution in [0.15, 0.2) is 29.2 Å². The SMILES string of the molecule is O=C(O)CC1Sc2cc(F)ccc2N(Cc2nc3c(Cl)c(Cl)cc(Cl)c3s2)C1=O. The second-order valence-corrected chi connectivity index (χ2v) is 9.70. The molecule has 1 aliphatic heterocycles. The first kappa shape index (κ1) is 20.7. The molecule has 0 aliphatic carbocycles. The molecule has 29 heavy (non-hydrogen) atoms. The van der Waals surface area contributed by atoms with Gasteiger partial charge in [-0.25, -0.2) is 9.37 Å². The number of aliphatic carboxylic acids is 1. The number of halogens is 4. The number of fused-ring (bicyclic) bond motifs is 2. The lowest BCUT2D eigenvalue weighted by Gasteiger charge is -2.32. The van der Waals surface area contributed by atoms with Crippen LogP contribution in [0.4, 0.5) is 10.1 Å². The predicted molar refractivity (Wildman–Crippen MR) is 114 cm³/mol. The van der Waals surface area contributed by atoms with E-state index in [0.717, 1.165) is 11.8 Å². The molecule has 11 heteroatoms. The average molecular weight is 492 g/mol. The number of carboxylic acid groups (broad SMARTS) is 1. The molecule has 2 aromatic carbocycles. The quantitative estimate of drug-likeness (QED) is 0.462. The number of thiazole rings is 1. The molecule has 1 N–H and O–H groups in total. The van der Waals surface area contributed by atoms with Crippen LogP contribution in [-0.4, -0.2) is 27.2 Å². The van der Waals surface area contributed by atoms with Gasteiger partial charge >= 0.3 is 5.97 Å². The Kier molecular flexibility index (Phi) is 5.65. The minimum absolute atomic E-state index is 0.0672. The Hall–Kier alpha value is -1.58. The van der Waals surface area contributed by atoms with E-state index < -0.39 is 17.0 Å². The van der Waals surface area contributed by atoms with Gasteiger partial charge in [0.05, 0.1) is 43.7 Å². The highest BCUT2D eigenvalue weighted by Crippen LogP contribution is 2.43. The Bertz CT molecular complexity index is 1170. The van der Waals surface area contributed by atoms with E-state index in [0.29, 0.717) is 30.8 Å². The lowest BCUT2D eigenvalue weighted by Crippen LogP contribution is -2.41. The Balaban J connectivity index is 1.76. The first-order chi connectivity index (χ1) is 13.7. The van der Waals surface area contributed by atoms with Crippen LogP contribution in [0, 0.1) is 5.82 Å². The van der Waals surface area contributed by atoms with Crippen molar-refractivity contribution in [2.24, 2.45) is 0 Å². The van der Waals surface area contributed by atoms with Crippen molar-refractivity contribution in [3.8, 4) is 0 Å². The molecule has 0 spiro atoms. The van der Waals surface area contributed by atoms with Crippen LogP contribution in [-0.2, 0) is 16.1 Å². The van der Waals surface area contributed by atoms with Gasteiger partial charge in [0.15, 0.2) is 0 Å². The van der Waals surface area contributed by atoms with E-state index in [2.05, 4.69) is 4.98 Å². The summed E-state index contributed by atoms with van der Waals surface area (Å²) < 4.78 is 14.4. The maximum Gasteiger partial charge on any atom is 0.305 e. The molecule has 1 aliphatic rings. The molecule has 5 nitrogen and oxygen atoms in total. The Morgan fingerprint density at radius 1 is 1.24 bits per heavy atom. The summed E-state index contributed by atoms with van der Waals surface area (Å²) in [4.78, 5) is 30.5. The van der Waals surface area contributed by atoms with Crippen LogP contribution < -0.4 is 4.90 Å². The number of anilines is 1. The highest BCUT2D eigenvalue weighted by molar-refractivity contribution is 8.01.